The highest BCUT2D eigenvalue weighted by molar-refractivity contribution is 7.90. The Hall–Kier alpha value is -0.510. The Morgan fingerprint density at radius 1 is 1.11 bits per heavy atom. The Morgan fingerprint density at radius 3 is 2.00 bits per heavy atom. The van der Waals surface area contributed by atoms with Crippen molar-refractivity contribution in [3.8, 4) is 0 Å². The van der Waals surface area contributed by atoms with Crippen LogP contribution in [0, 0.1) is 12.8 Å². The predicted molar refractivity (Wildman–Crippen MR) is 79.8 cm³/mol. The molecule has 0 saturated heterocycles. The van der Waals surface area contributed by atoms with Crippen LogP contribution < -0.4 is 4.72 Å². The molecule has 2 nitrogen and oxygen atoms in total. The van der Waals surface area contributed by atoms with E-state index in [2.05, 4.69) is 49.8 Å². The minimum Gasteiger partial charge on any atom is -0.598 e. The van der Waals surface area contributed by atoms with E-state index in [0.29, 0.717) is 5.92 Å². The molecular weight excluding hydrogens is 242 g/mol. The summed E-state index contributed by atoms with van der Waals surface area (Å²) < 4.78 is 15.2. The number of benzene rings is 1. The van der Waals surface area contributed by atoms with Gasteiger partial charge in [0.05, 0.1) is 6.04 Å². The molecule has 0 saturated carbocycles. The van der Waals surface area contributed by atoms with Gasteiger partial charge in [-0.2, -0.15) is 0 Å². The zero-order chi connectivity index (χ0) is 13.9. The minimum absolute atomic E-state index is 0.130. The maximum atomic E-state index is 12.2. The maximum Gasteiger partial charge on any atom is 0.136 e. The van der Waals surface area contributed by atoms with Crippen LogP contribution in [-0.4, -0.2) is 9.30 Å². The van der Waals surface area contributed by atoms with Crippen LogP contribution in [-0.2, 0) is 11.4 Å². The molecule has 0 bridgehead atoms. The van der Waals surface area contributed by atoms with E-state index in [-0.39, 0.29) is 10.8 Å². The van der Waals surface area contributed by atoms with Crippen LogP contribution in [0.4, 0.5) is 0 Å². The molecule has 0 amide bonds. The lowest BCUT2D eigenvalue weighted by Crippen LogP contribution is -2.42. The van der Waals surface area contributed by atoms with Crippen LogP contribution in [0.3, 0.4) is 0 Å². The first-order chi connectivity index (χ1) is 8.21. The summed E-state index contributed by atoms with van der Waals surface area (Å²) in [7, 11) is 0. The lowest BCUT2D eigenvalue weighted by atomic mass is 9.96. The molecule has 0 aliphatic rings. The fourth-order valence-electron chi connectivity index (χ4n) is 1.65. The Labute approximate surface area is 114 Å². The van der Waals surface area contributed by atoms with Crippen molar-refractivity contribution < 1.29 is 4.55 Å². The van der Waals surface area contributed by atoms with Crippen LogP contribution >= 0.6 is 0 Å². The molecule has 0 aromatic heterocycles. The van der Waals surface area contributed by atoms with Crippen molar-refractivity contribution in [3.63, 3.8) is 0 Å². The number of hydrogen-bond donors (Lipinski definition) is 1. The van der Waals surface area contributed by atoms with E-state index in [9.17, 15) is 4.55 Å². The second-order valence-corrected chi connectivity index (χ2v) is 8.13. The normalized spacial score (nSPS) is 15.8. The number of aryl methyl sites for hydroxylation is 1. The van der Waals surface area contributed by atoms with E-state index >= 15 is 0 Å². The molecule has 18 heavy (non-hydrogen) atoms. The standard InChI is InChI=1S/C15H25NOS/c1-11(2)14(16-18(17)15(4,5)6)13-9-7-12(3)8-10-13/h7-11,14,16H,1-6H3/t14-,18-/m0/s1. The van der Waals surface area contributed by atoms with Crippen molar-refractivity contribution in [2.45, 2.75) is 52.3 Å². The van der Waals surface area contributed by atoms with Crippen molar-refractivity contribution in [3.05, 3.63) is 35.4 Å². The fourth-order valence-corrected chi connectivity index (χ4v) is 2.65. The first-order valence-corrected chi connectivity index (χ1v) is 7.61. The smallest absolute Gasteiger partial charge is 0.136 e. The molecule has 0 heterocycles. The summed E-state index contributed by atoms with van der Waals surface area (Å²) in [6, 6.07) is 8.57. The van der Waals surface area contributed by atoms with Crippen LogP contribution in [0.5, 0.6) is 0 Å². The zero-order valence-electron chi connectivity index (χ0n) is 12.3. The third kappa shape index (κ3) is 4.30. The van der Waals surface area contributed by atoms with Gasteiger partial charge in [0.15, 0.2) is 0 Å². The van der Waals surface area contributed by atoms with Gasteiger partial charge >= 0.3 is 0 Å². The SMILES string of the molecule is Cc1ccc([C@@H](N[S@@+]([O-])C(C)(C)C)C(C)C)cc1. The summed E-state index contributed by atoms with van der Waals surface area (Å²) in [4.78, 5) is 0. The Bertz CT molecular complexity index is 367. The number of hydrogen-bond acceptors (Lipinski definition) is 2. The minimum atomic E-state index is -1.04. The highest BCUT2D eigenvalue weighted by Gasteiger charge is 2.30. The molecule has 1 aromatic rings. The highest BCUT2D eigenvalue weighted by atomic mass is 32.2. The monoisotopic (exact) mass is 267 g/mol. The van der Waals surface area contributed by atoms with Crippen LogP contribution in [0.1, 0.15) is 51.8 Å². The van der Waals surface area contributed by atoms with Gasteiger partial charge in [0.1, 0.15) is 4.75 Å². The highest BCUT2D eigenvalue weighted by Crippen LogP contribution is 2.25. The quantitative estimate of drug-likeness (QED) is 0.843. The van der Waals surface area contributed by atoms with Gasteiger partial charge in [-0.15, -0.1) is 4.72 Å². The number of nitrogens with one attached hydrogen (secondary N) is 1. The molecule has 0 unspecified atom stereocenters. The molecule has 102 valence electrons. The Morgan fingerprint density at radius 2 is 1.61 bits per heavy atom. The van der Waals surface area contributed by atoms with Gasteiger partial charge in [-0.25, -0.2) is 0 Å². The zero-order valence-corrected chi connectivity index (χ0v) is 13.1. The molecule has 0 spiro atoms. The molecule has 1 aromatic carbocycles. The Kier molecular flexibility index (Phi) is 5.26. The molecule has 3 heteroatoms. The molecule has 0 aliphatic carbocycles. The van der Waals surface area contributed by atoms with Crippen molar-refractivity contribution in [2.24, 2.45) is 5.92 Å². The van der Waals surface area contributed by atoms with Gasteiger partial charge < -0.3 is 4.55 Å². The summed E-state index contributed by atoms with van der Waals surface area (Å²) in [5, 5.41) is 0. The van der Waals surface area contributed by atoms with E-state index in [0.717, 1.165) is 0 Å². The average Bonchev–Trinajstić information content (AvgIpc) is 2.25. The molecule has 1 rings (SSSR count). The van der Waals surface area contributed by atoms with E-state index in [1.807, 2.05) is 20.8 Å². The summed E-state index contributed by atoms with van der Waals surface area (Å²) in [5.41, 5.74) is 2.45. The van der Waals surface area contributed by atoms with Gasteiger partial charge in [0.25, 0.3) is 0 Å². The molecule has 2 atom stereocenters. The summed E-state index contributed by atoms with van der Waals surface area (Å²) >= 11 is -1.04. The van der Waals surface area contributed by atoms with Gasteiger partial charge in [-0.05, 0) is 39.2 Å². The fraction of sp³-hybridized carbons (Fsp3) is 0.600. The largest absolute Gasteiger partial charge is 0.598 e. The summed E-state index contributed by atoms with van der Waals surface area (Å²) in [6.07, 6.45) is 0. The topological polar surface area (TPSA) is 35.1 Å². The summed E-state index contributed by atoms with van der Waals surface area (Å²) in [5.74, 6) is 0.402. The molecule has 0 fully saturated rings. The summed E-state index contributed by atoms with van der Waals surface area (Å²) in [6.45, 7) is 12.3. The van der Waals surface area contributed by atoms with E-state index in [1.165, 1.54) is 11.1 Å². The van der Waals surface area contributed by atoms with E-state index in [1.54, 1.807) is 0 Å². The lowest BCUT2D eigenvalue weighted by Gasteiger charge is -2.30. The third-order valence-corrected chi connectivity index (χ3v) is 4.47. The lowest BCUT2D eigenvalue weighted by molar-refractivity contribution is 0.452. The van der Waals surface area contributed by atoms with Crippen molar-refractivity contribution in [1.29, 1.82) is 0 Å². The van der Waals surface area contributed by atoms with Crippen molar-refractivity contribution in [2.75, 3.05) is 0 Å². The Balaban J connectivity index is 2.87. The second kappa shape index (κ2) is 6.09. The van der Waals surface area contributed by atoms with E-state index in [4.69, 9.17) is 0 Å². The van der Waals surface area contributed by atoms with Crippen molar-refractivity contribution in [1.82, 2.24) is 4.72 Å². The van der Waals surface area contributed by atoms with Gasteiger partial charge in [0.2, 0.25) is 0 Å². The van der Waals surface area contributed by atoms with Gasteiger partial charge in [-0.3, -0.25) is 0 Å². The van der Waals surface area contributed by atoms with Crippen LogP contribution in [0.15, 0.2) is 24.3 Å². The first kappa shape index (κ1) is 15.5. The molecular formula is C15H25NOS. The van der Waals surface area contributed by atoms with Crippen LogP contribution in [0.2, 0.25) is 0 Å². The maximum absolute atomic E-state index is 12.2. The van der Waals surface area contributed by atoms with Gasteiger partial charge in [-0.1, -0.05) is 43.7 Å². The predicted octanol–water partition coefficient (Wildman–Crippen LogP) is 3.74. The van der Waals surface area contributed by atoms with Crippen molar-refractivity contribution >= 4 is 11.4 Å². The van der Waals surface area contributed by atoms with Crippen LogP contribution in [0.25, 0.3) is 0 Å². The van der Waals surface area contributed by atoms with E-state index < -0.39 is 11.4 Å². The average molecular weight is 267 g/mol. The molecule has 0 aliphatic heterocycles. The van der Waals surface area contributed by atoms with Gasteiger partial charge in [0, 0.05) is 11.4 Å². The third-order valence-electron chi connectivity index (χ3n) is 2.89. The molecule has 0 radical (unpaired) electrons. The number of rotatable bonds is 4. The molecule has 1 N–H and O–H groups in total. The first-order valence-electron chi connectivity index (χ1n) is 6.46. The second-order valence-electron chi connectivity index (χ2n) is 6.13.